The minimum Gasteiger partial charge on any atom is -0.507 e. The number of benzene rings is 3. The molecular formula is C30H37ClN4O4S. The first-order valence-corrected chi connectivity index (χ1v) is 13.9. The number of nitrogens with two attached hydrogens (primary N) is 1. The molecule has 0 bridgehead atoms. The summed E-state index contributed by atoms with van der Waals surface area (Å²) >= 11 is 1.76. The van der Waals surface area contributed by atoms with Gasteiger partial charge in [-0.3, -0.25) is 10.2 Å². The van der Waals surface area contributed by atoms with Gasteiger partial charge in [0.15, 0.2) is 12.6 Å². The molecule has 0 aromatic heterocycles. The van der Waals surface area contributed by atoms with Gasteiger partial charge < -0.3 is 30.9 Å². The van der Waals surface area contributed by atoms with E-state index in [9.17, 15) is 9.90 Å². The predicted octanol–water partition coefficient (Wildman–Crippen LogP) is 6.33. The number of thioether (sulfide) groups is 1. The first-order chi connectivity index (χ1) is 18.5. The Labute approximate surface area is 246 Å². The van der Waals surface area contributed by atoms with E-state index < -0.39 is 0 Å². The number of halogens is 1. The van der Waals surface area contributed by atoms with E-state index in [-0.39, 0.29) is 36.5 Å². The number of anilines is 2. The first-order valence-electron chi connectivity index (χ1n) is 12.9. The first kappa shape index (κ1) is 31.0. The third-order valence-corrected chi connectivity index (χ3v) is 8.13. The second kappa shape index (κ2) is 13.2. The van der Waals surface area contributed by atoms with Crippen molar-refractivity contribution in [2.75, 3.05) is 23.0 Å². The van der Waals surface area contributed by atoms with Gasteiger partial charge >= 0.3 is 0 Å². The number of carbonyl (C=O) groups excluding carboxylic acids is 1. The highest BCUT2D eigenvalue weighted by Gasteiger charge is 2.34. The van der Waals surface area contributed by atoms with E-state index in [1.54, 1.807) is 36.0 Å². The number of ether oxygens (including phenoxy) is 2. The number of phenols is 1. The van der Waals surface area contributed by atoms with E-state index >= 15 is 0 Å². The molecule has 1 atom stereocenters. The van der Waals surface area contributed by atoms with Crippen molar-refractivity contribution in [3.05, 3.63) is 70.8 Å². The minimum atomic E-state index is -0.267. The lowest BCUT2D eigenvalue weighted by molar-refractivity contribution is -0.118. The summed E-state index contributed by atoms with van der Waals surface area (Å²) < 4.78 is 12.1. The predicted molar refractivity (Wildman–Crippen MR) is 165 cm³/mol. The summed E-state index contributed by atoms with van der Waals surface area (Å²) in [6.07, 6.45) is 2.71. The lowest BCUT2D eigenvalue weighted by Gasteiger charge is -2.38. The van der Waals surface area contributed by atoms with Crippen LogP contribution in [0.5, 0.6) is 17.2 Å². The van der Waals surface area contributed by atoms with Crippen LogP contribution in [0.2, 0.25) is 0 Å². The van der Waals surface area contributed by atoms with Gasteiger partial charge in [0.1, 0.15) is 22.8 Å². The zero-order chi connectivity index (χ0) is 28.2. The van der Waals surface area contributed by atoms with Gasteiger partial charge in [-0.2, -0.15) is 0 Å². The van der Waals surface area contributed by atoms with Crippen molar-refractivity contribution in [3.8, 4) is 17.2 Å². The molecule has 3 aromatic rings. The molecule has 1 aliphatic heterocycles. The smallest absolute Gasteiger partial charge is 0.262 e. The Bertz CT molecular complexity index is 1380. The van der Waals surface area contributed by atoms with Gasteiger partial charge in [0.25, 0.3) is 5.91 Å². The van der Waals surface area contributed by atoms with E-state index in [2.05, 4.69) is 17.6 Å². The molecule has 1 heterocycles. The zero-order valence-corrected chi connectivity index (χ0v) is 24.9. The molecular weight excluding hydrogens is 548 g/mol. The van der Waals surface area contributed by atoms with Crippen LogP contribution in [0.25, 0.3) is 0 Å². The number of nitrogens with one attached hydrogen (secondary N) is 3. The summed E-state index contributed by atoms with van der Waals surface area (Å²) in [5.74, 6) is 2.28. The average molecular weight is 585 g/mol. The molecule has 0 aliphatic carbocycles. The molecule has 1 unspecified atom stereocenters. The lowest BCUT2D eigenvalue weighted by atomic mass is 9.86. The molecule has 40 heavy (non-hydrogen) atoms. The number of hydrogen-bond donors (Lipinski definition) is 5. The Balaban J connectivity index is 0.00000441. The third kappa shape index (κ3) is 7.55. The summed E-state index contributed by atoms with van der Waals surface area (Å²) in [4.78, 5) is 13.5. The molecule has 4 rings (SSSR count). The highest BCUT2D eigenvalue weighted by Crippen LogP contribution is 2.44. The van der Waals surface area contributed by atoms with E-state index in [0.717, 1.165) is 57.9 Å². The zero-order valence-electron chi connectivity index (χ0n) is 23.2. The Hall–Kier alpha value is -3.56. The van der Waals surface area contributed by atoms with Gasteiger partial charge in [-0.25, -0.2) is 0 Å². The Morgan fingerprint density at radius 3 is 2.52 bits per heavy atom. The van der Waals surface area contributed by atoms with Gasteiger partial charge in [-0.05, 0) is 100 Å². The maximum Gasteiger partial charge on any atom is 0.262 e. The van der Waals surface area contributed by atoms with Crippen LogP contribution in [0, 0.1) is 26.2 Å². The maximum atomic E-state index is 12.3. The molecule has 8 nitrogen and oxygen atoms in total. The topological polar surface area (TPSA) is 130 Å². The summed E-state index contributed by atoms with van der Waals surface area (Å²) in [6.45, 7) is 7.96. The molecule has 0 fully saturated rings. The van der Waals surface area contributed by atoms with Crippen molar-refractivity contribution in [3.63, 3.8) is 0 Å². The molecule has 214 valence electrons. The van der Waals surface area contributed by atoms with E-state index in [1.165, 1.54) is 0 Å². The van der Waals surface area contributed by atoms with Gasteiger partial charge in [0.2, 0.25) is 0 Å². The quantitative estimate of drug-likeness (QED) is 0.113. The van der Waals surface area contributed by atoms with Gasteiger partial charge in [0.05, 0.1) is 0 Å². The van der Waals surface area contributed by atoms with Crippen molar-refractivity contribution in [2.24, 2.45) is 5.73 Å². The van der Waals surface area contributed by atoms with Gasteiger partial charge in [-0.15, -0.1) is 24.2 Å². The number of guanidine groups is 1. The number of phenolic OH excluding ortho intramolecular Hbond substituents is 1. The van der Waals surface area contributed by atoms with Crippen LogP contribution >= 0.6 is 24.2 Å². The second-order valence-electron chi connectivity index (χ2n) is 10.1. The van der Waals surface area contributed by atoms with Crippen molar-refractivity contribution in [1.29, 1.82) is 5.41 Å². The van der Waals surface area contributed by atoms with Crippen LogP contribution in [0.1, 0.15) is 42.0 Å². The van der Waals surface area contributed by atoms with E-state index in [1.807, 2.05) is 45.0 Å². The highest BCUT2D eigenvalue weighted by molar-refractivity contribution is 7.99. The van der Waals surface area contributed by atoms with E-state index in [0.29, 0.717) is 22.9 Å². The summed E-state index contributed by atoms with van der Waals surface area (Å²) in [7, 11) is 0. The van der Waals surface area contributed by atoms with Crippen LogP contribution in [0.15, 0.2) is 53.4 Å². The standard InChI is InChI=1S/C30H36N4O4S.ClH/c1-18-19(2)28-25(20(3)27(18)36)12-13-30(4,38-28)14-15-39-24-10-8-21(9-11-24)33-26(35)17-37-23-7-5-6-22(16-23)34-29(31)32;/h5-11,16,36H,12-15,17H2,1-4H3,(H,33,35)(H4,31,32,34);1H. The molecule has 0 saturated heterocycles. The van der Waals surface area contributed by atoms with Crippen LogP contribution < -0.4 is 25.8 Å². The number of aromatic hydroxyl groups is 1. The summed E-state index contributed by atoms with van der Waals surface area (Å²) in [5.41, 5.74) is 10.4. The molecule has 0 saturated carbocycles. The molecule has 10 heteroatoms. The van der Waals surface area contributed by atoms with Crippen LogP contribution in [-0.2, 0) is 11.2 Å². The van der Waals surface area contributed by atoms with Crippen molar-refractivity contribution in [2.45, 2.75) is 57.5 Å². The fourth-order valence-electron chi connectivity index (χ4n) is 4.66. The largest absolute Gasteiger partial charge is 0.507 e. The normalized spacial score (nSPS) is 15.7. The van der Waals surface area contributed by atoms with Crippen molar-refractivity contribution >= 4 is 47.4 Å². The number of amides is 1. The van der Waals surface area contributed by atoms with Crippen LogP contribution in [0.4, 0.5) is 11.4 Å². The summed E-state index contributed by atoms with van der Waals surface area (Å²) in [5, 5.41) is 23.3. The van der Waals surface area contributed by atoms with Gasteiger partial charge in [-0.1, -0.05) is 6.07 Å². The number of carbonyl (C=O) groups is 1. The number of rotatable bonds is 9. The molecule has 0 spiro atoms. The SMILES string of the molecule is Cc1c(C)c2c(c(C)c1O)CCC(C)(CCSc1ccc(NC(=O)COc3cccc(NC(=N)N)c3)cc1)O2.Cl. The fourth-order valence-corrected chi connectivity index (χ4v) is 5.75. The molecule has 6 N–H and O–H groups in total. The minimum absolute atomic E-state index is 0. The fraction of sp³-hybridized carbons (Fsp3) is 0.333. The van der Waals surface area contributed by atoms with E-state index in [4.69, 9.17) is 20.6 Å². The lowest BCUT2D eigenvalue weighted by Crippen LogP contribution is -2.37. The molecule has 3 aromatic carbocycles. The Morgan fingerprint density at radius 1 is 1.10 bits per heavy atom. The molecule has 1 amide bonds. The van der Waals surface area contributed by atoms with Crippen molar-refractivity contribution < 1.29 is 19.4 Å². The molecule has 1 aliphatic rings. The third-order valence-electron chi connectivity index (χ3n) is 7.11. The summed E-state index contributed by atoms with van der Waals surface area (Å²) in [6, 6.07) is 14.7. The highest BCUT2D eigenvalue weighted by atomic mass is 35.5. The number of hydrogen-bond acceptors (Lipinski definition) is 6. The Morgan fingerprint density at radius 2 is 1.82 bits per heavy atom. The second-order valence-corrected chi connectivity index (χ2v) is 11.3. The Kier molecular flexibility index (Phi) is 10.2. The molecule has 0 radical (unpaired) electrons. The average Bonchev–Trinajstić information content (AvgIpc) is 2.90. The van der Waals surface area contributed by atoms with Gasteiger partial charge in [0, 0.05) is 33.7 Å². The number of fused-ring (bicyclic) bond motifs is 1. The van der Waals surface area contributed by atoms with Crippen molar-refractivity contribution in [1.82, 2.24) is 0 Å². The van der Waals surface area contributed by atoms with Crippen LogP contribution in [0.3, 0.4) is 0 Å². The monoisotopic (exact) mass is 584 g/mol. The maximum absolute atomic E-state index is 12.3. The van der Waals surface area contributed by atoms with Crippen LogP contribution in [-0.4, -0.2) is 34.9 Å².